The summed E-state index contributed by atoms with van der Waals surface area (Å²) in [6.45, 7) is 4.82. The van der Waals surface area contributed by atoms with Crippen molar-refractivity contribution in [2.24, 2.45) is 0 Å². The van der Waals surface area contributed by atoms with Crippen LogP contribution >= 0.6 is 0 Å². The van der Waals surface area contributed by atoms with E-state index in [2.05, 4.69) is 30.9 Å². The van der Waals surface area contributed by atoms with Crippen LogP contribution in [-0.4, -0.2) is 55.1 Å². The maximum atomic E-state index is 10.8. The first-order valence-electron chi connectivity index (χ1n) is 6.06. The first kappa shape index (κ1) is 14.7. The Balaban J connectivity index is 2.64. The van der Waals surface area contributed by atoms with E-state index in [0.29, 0.717) is 5.56 Å². The van der Waals surface area contributed by atoms with Crippen LogP contribution in [0.15, 0.2) is 18.2 Å². The summed E-state index contributed by atoms with van der Waals surface area (Å²) in [5, 5.41) is 8.91. The summed E-state index contributed by atoms with van der Waals surface area (Å²) in [4.78, 5) is 15.2. The van der Waals surface area contributed by atoms with E-state index in [0.717, 1.165) is 25.2 Å². The molecule has 0 heterocycles. The highest BCUT2D eigenvalue weighted by Gasteiger charge is 2.07. The van der Waals surface area contributed by atoms with Gasteiger partial charge in [-0.25, -0.2) is 4.79 Å². The number of carboxylic acid groups (broad SMARTS) is 1. The fourth-order valence-corrected chi connectivity index (χ4v) is 1.75. The highest BCUT2D eigenvalue weighted by molar-refractivity contribution is 5.87. The van der Waals surface area contributed by atoms with Crippen LogP contribution < -0.4 is 0 Å². The van der Waals surface area contributed by atoms with Crippen LogP contribution in [0.25, 0.3) is 0 Å². The second-order valence-electron chi connectivity index (χ2n) is 4.99. The van der Waals surface area contributed by atoms with E-state index in [4.69, 9.17) is 5.11 Å². The molecular weight excluding hydrogens is 228 g/mol. The molecule has 0 saturated heterocycles. The van der Waals surface area contributed by atoms with Gasteiger partial charge in [0, 0.05) is 19.6 Å². The number of hydrogen-bond donors (Lipinski definition) is 1. The van der Waals surface area contributed by atoms with Gasteiger partial charge in [0.05, 0.1) is 5.56 Å². The molecule has 0 atom stereocenters. The Kier molecular flexibility index (Phi) is 5.31. The smallest absolute Gasteiger partial charge is 0.335 e. The monoisotopic (exact) mass is 250 g/mol. The van der Waals surface area contributed by atoms with Gasteiger partial charge in [0.25, 0.3) is 0 Å². The average molecular weight is 250 g/mol. The normalized spacial score (nSPS) is 11.2. The highest BCUT2D eigenvalue weighted by Crippen LogP contribution is 2.13. The van der Waals surface area contributed by atoms with Gasteiger partial charge in [0.15, 0.2) is 0 Å². The molecule has 0 aromatic heterocycles. The molecule has 1 N–H and O–H groups in total. The molecule has 0 aliphatic rings. The van der Waals surface area contributed by atoms with Gasteiger partial charge in [-0.3, -0.25) is 0 Å². The van der Waals surface area contributed by atoms with Crippen molar-refractivity contribution in [1.29, 1.82) is 0 Å². The SMILES string of the molecule is Cc1cc(C(=O)O)ccc1CN(C)CCN(C)C. The molecule has 18 heavy (non-hydrogen) atoms. The molecule has 4 heteroatoms. The summed E-state index contributed by atoms with van der Waals surface area (Å²) in [5.41, 5.74) is 2.57. The molecule has 1 aromatic carbocycles. The highest BCUT2D eigenvalue weighted by atomic mass is 16.4. The van der Waals surface area contributed by atoms with E-state index < -0.39 is 5.97 Å². The molecule has 0 amide bonds. The Morgan fingerprint density at radius 3 is 2.39 bits per heavy atom. The molecule has 1 aromatic rings. The van der Waals surface area contributed by atoms with Crippen LogP contribution in [0.3, 0.4) is 0 Å². The Morgan fingerprint density at radius 2 is 1.89 bits per heavy atom. The molecular formula is C14H22N2O2. The Hall–Kier alpha value is -1.39. The van der Waals surface area contributed by atoms with Gasteiger partial charge in [-0.15, -0.1) is 0 Å². The zero-order valence-corrected chi connectivity index (χ0v) is 11.6. The lowest BCUT2D eigenvalue weighted by Crippen LogP contribution is -2.28. The third-order valence-electron chi connectivity index (χ3n) is 2.96. The van der Waals surface area contributed by atoms with E-state index in [1.54, 1.807) is 12.1 Å². The predicted molar refractivity (Wildman–Crippen MR) is 73.0 cm³/mol. The van der Waals surface area contributed by atoms with Crippen molar-refractivity contribution in [1.82, 2.24) is 9.80 Å². The second-order valence-corrected chi connectivity index (χ2v) is 4.99. The summed E-state index contributed by atoms with van der Waals surface area (Å²) >= 11 is 0. The molecule has 0 saturated carbocycles. The third-order valence-corrected chi connectivity index (χ3v) is 2.96. The summed E-state index contributed by atoms with van der Waals surface area (Å²) in [7, 11) is 6.19. The van der Waals surface area contributed by atoms with Crippen molar-refractivity contribution in [3.05, 3.63) is 34.9 Å². The molecule has 100 valence electrons. The van der Waals surface area contributed by atoms with E-state index >= 15 is 0 Å². The van der Waals surface area contributed by atoms with Crippen molar-refractivity contribution in [2.45, 2.75) is 13.5 Å². The van der Waals surface area contributed by atoms with Crippen molar-refractivity contribution < 1.29 is 9.90 Å². The maximum Gasteiger partial charge on any atom is 0.335 e. The first-order valence-corrected chi connectivity index (χ1v) is 6.06. The molecule has 0 aliphatic carbocycles. The fraction of sp³-hybridized carbons (Fsp3) is 0.500. The van der Waals surface area contributed by atoms with Gasteiger partial charge in [-0.05, 0) is 51.3 Å². The number of rotatable bonds is 6. The third kappa shape index (κ3) is 4.47. The minimum absolute atomic E-state index is 0.354. The van der Waals surface area contributed by atoms with Crippen molar-refractivity contribution in [3.63, 3.8) is 0 Å². The average Bonchev–Trinajstić information content (AvgIpc) is 2.29. The zero-order valence-electron chi connectivity index (χ0n) is 11.6. The molecule has 0 unspecified atom stereocenters. The van der Waals surface area contributed by atoms with Crippen LogP contribution in [0, 0.1) is 6.92 Å². The second kappa shape index (κ2) is 6.52. The summed E-state index contributed by atoms with van der Waals surface area (Å²) in [6, 6.07) is 5.31. The van der Waals surface area contributed by atoms with Gasteiger partial charge in [0.2, 0.25) is 0 Å². The van der Waals surface area contributed by atoms with Crippen molar-refractivity contribution in [3.8, 4) is 0 Å². The summed E-state index contributed by atoms with van der Waals surface area (Å²) in [5.74, 6) is -0.870. The van der Waals surface area contributed by atoms with Crippen LogP contribution in [0.1, 0.15) is 21.5 Å². The number of likely N-dealkylation sites (N-methyl/N-ethyl adjacent to an activating group) is 2. The van der Waals surface area contributed by atoms with Crippen LogP contribution in [0.4, 0.5) is 0 Å². The molecule has 1 rings (SSSR count). The Morgan fingerprint density at radius 1 is 1.22 bits per heavy atom. The largest absolute Gasteiger partial charge is 0.478 e. The van der Waals surface area contributed by atoms with Crippen LogP contribution in [0.2, 0.25) is 0 Å². The minimum Gasteiger partial charge on any atom is -0.478 e. The number of hydrogen-bond acceptors (Lipinski definition) is 3. The Labute approximate surface area is 109 Å². The minimum atomic E-state index is -0.870. The first-order chi connectivity index (χ1) is 8.40. The van der Waals surface area contributed by atoms with Gasteiger partial charge in [-0.1, -0.05) is 6.07 Å². The van der Waals surface area contributed by atoms with E-state index in [9.17, 15) is 4.79 Å². The topological polar surface area (TPSA) is 43.8 Å². The van der Waals surface area contributed by atoms with Gasteiger partial charge in [0.1, 0.15) is 0 Å². The summed E-state index contributed by atoms with van der Waals surface area (Å²) < 4.78 is 0. The molecule has 4 nitrogen and oxygen atoms in total. The van der Waals surface area contributed by atoms with E-state index in [-0.39, 0.29) is 0 Å². The predicted octanol–water partition coefficient (Wildman–Crippen LogP) is 1.69. The molecule has 0 radical (unpaired) electrons. The molecule has 0 fully saturated rings. The Bertz CT molecular complexity index is 416. The quantitative estimate of drug-likeness (QED) is 0.834. The van der Waals surface area contributed by atoms with Crippen molar-refractivity contribution >= 4 is 5.97 Å². The van der Waals surface area contributed by atoms with Gasteiger partial charge >= 0.3 is 5.97 Å². The number of carbonyl (C=O) groups is 1. The number of aromatic carboxylic acids is 1. The molecule has 0 aliphatic heterocycles. The number of aryl methyl sites for hydroxylation is 1. The van der Waals surface area contributed by atoms with E-state index in [1.165, 1.54) is 5.56 Å². The zero-order chi connectivity index (χ0) is 13.7. The summed E-state index contributed by atoms with van der Waals surface area (Å²) in [6.07, 6.45) is 0. The van der Waals surface area contributed by atoms with Gasteiger partial charge in [-0.2, -0.15) is 0 Å². The van der Waals surface area contributed by atoms with Gasteiger partial charge < -0.3 is 14.9 Å². The van der Waals surface area contributed by atoms with Crippen LogP contribution in [-0.2, 0) is 6.54 Å². The lowest BCUT2D eigenvalue weighted by atomic mass is 10.0. The number of nitrogens with zero attached hydrogens (tertiary/aromatic N) is 2. The van der Waals surface area contributed by atoms with Crippen LogP contribution in [0.5, 0.6) is 0 Å². The van der Waals surface area contributed by atoms with E-state index in [1.807, 2.05) is 13.0 Å². The number of benzene rings is 1. The molecule has 0 spiro atoms. The van der Waals surface area contributed by atoms with Crippen molar-refractivity contribution in [2.75, 3.05) is 34.2 Å². The molecule has 0 bridgehead atoms. The lowest BCUT2D eigenvalue weighted by molar-refractivity contribution is 0.0696. The standard InChI is InChI=1S/C14H22N2O2/c1-11-9-12(14(17)18)5-6-13(11)10-16(4)8-7-15(2)3/h5-6,9H,7-8,10H2,1-4H3,(H,17,18). The number of carboxylic acids is 1. The fourth-order valence-electron chi connectivity index (χ4n) is 1.75. The lowest BCUT2D eigenvalue weighted by Gasteiger charge is -2.20. The maximum absolute atomic E-state index is 10.8.